The van der Waals surface area contributed by atoms with Gasteiger partial charge in [-0.1, -0.05) is 34.1 Å². The van der Waals surface area contributed by atoms with Gasteiger partial charge in [-0.05, 0) is 63.7 Å². The molecular formula is C39H66N10O13. The number of nitrogens with one attached hydrogen (secondary N) is 5. The van der Waals surface area contributed by atoms with Crippen LogP contribution in [0.25, 0.3) is 0 Å². The molecule has 0 aliphatic carbocycles. The molecule has 0 radical (unpaired) electrons. The van der Waals surface area contributed by atoms with Gasteiger partial charge in [0.25, 0.3) is 0 Å². The van der Waals surface area contributed by atoms with Crippen molar-refractivity contribution in [1.29, 1.82) is 0 Å². The Morgan fingerprint density at radius 2 is 1.11 bits per heavy atom. The predicted molar refractivity (Wildman–Crippen MR) is 219 cm³/mol. The zero-order valence-electron chi connectivity index (χ0n) is 36.1. The summed E-state index contributed by atoms with van der Waals surface area (Å²) in [6.45, 7) is 7.65. The minimum absolute atomic E-state index is 0.0224. The zero-order chi connectivity index (χ0) is 47.0. The van der Waals surface area contributed by atoms with Gasteiger partial charge in [0.2, 0.25) is 53.2 Å². The predicted octanol–water partition coefficient (Wildman–Crippen LogP) is -4.20. The summed E-state index contributed by atoms with van der Waals surface area (Å²) in [5, 5.41) is 42.0. The Bertz CT molecular complexity index is 1650. The standard InChI is InChI=1S/C39H66N10O13/c1-6-20(4)30(35(57)43-23(11-13-28(41)52)32(54)45-25(39(61)62)17-19(2)3)46-33(55)27-10-8-16-49(27)38(60)24(12-14-29(42)53)44-36(58)31(21(5)51)47-34(56)26-9-7-15-48(26)37(59)22(40)18-50/h19-27,30-31,50-51H,6-18,40H2,1-5H3,(H2,41,52)(H2,42,53)(H,43,57)(H,44,58)(H,45,54)(H,46,55)(H,47,56)(H,61,62)/t20-,21+,22-,23-,24-,25-,26-,27-,30-,31-/m0/s1. The van der Waals surface area contributed by atoms with Crippen LogP contribution in [0.15, 0.2) is 0 Å². The molecular weight excluding hydrogens is 816 g/mol. The maximum Gasteiger partial charge on any atom is 0.326 e. The summed E-state index contributed by atoms with van der Waals surface area (Å²) < 4.78 is 0. The topological polar surface area (TPSA) is 376 Å². The number of rotatable bonds is 25. The summed E-state index contributed by atoms with van der Waals surface area (Å²) in [5.41, 5.74) is 16.4. The number of aliphatic carboxylic acids is 1. The van der Waals surface area contributed by atoms with Gasteiger partial charge in [-0.15, -0.1) is 0 Å². The highest BCUT2D eigenvalue weighted by atomic mass is 16.4. The Labute approximate surface area is 360 Å². The van der Waals surface area contributed by atoms with E-state index in [1.807, 2.05) is 0 Å². The third kappa shape index (κ3) is 15.5. The fourth-order valence-corrected chi connectivity index (χ4v) is 7.29. The van der Waals surface area contributed by atoms with Crippen molar-refractivity contribution >= 4 is 59.1 Å². The molecule has 2 aliphatic heterocycles. The summed E-state index contributed by atoms with van der Waals surface area (Å²) in [7, 11) is 0. The fraction of sp³-hybridized carbons (Fsp3) is 0.744. The van der Waals surface area contributed by atoms with E-state index in [4.69, 9.17) is 17.2 Å². The van der Waals surface area contributed by atoms with E-state index >= 15 is 0 Å². The number of hydrogen-bond donors (Lipinski definition) is 11. The summed E-state index contributed by atoms with van der Waals surface area (Å²) in [4.78, 5) is 133. The normalized spacial score (nSPS) is 20.1. The monoisotopic (exact) mass is 882 g/mol. The summed E-state index contributed by atoms with van der Waals surface area (Å²) in [6.07, 6.45) is -1.34. The number of carbonyl (C=O) groups excluding carboxylic acids is 9. The highest BCUT2D eigenvalue weighted by Gasteiger charge is 2.42. The molecule has 2 saturated heterocycles. The molecule has 0 bridgehead atoms. The molecule has 2 aliphatic rings. The van der Waals surface area contributed by atoms with Crippen molar-refractivity contribution in [2.24, 2.45) is 29.0 Å². The lowest BCUT2D eigenvalue weighted by molar-refractivity contribution is -0.144. The van der Waals surface area contributed by atoms with Crippen molar-refractivity contribution in [3.63, 3.8) is 0 Å². The molecule has 2 heterocycles. The average molecular weight is 883 g/mol. The average Bonchev–Trinajstić information content (AvgIpc) is 3.91. The van der Waals surface area contributed by atoms with Gasteiger partial charge in [-0.3, -0.25) is 43.2 Å². The molecule has 0 spiro atoms. The lowest BCUT2D eigenvalue weighted by atomic mass is 9.96. The number of carboxylic acids is 1. The first-order valence-corrected chi connectivity index (χ1v) is 21.0. The van der Waals surface area contributed by atoms with E-state index in [9.17, 15) is 63.3 Å². The van der Waals surface area contributed by atoms with E-state index in [2.05, 4.69) is 26.6 Å². The van der Waals surface area contributed by atoms with E-state index in [1.54, 1.807) is 27.7 Å². The van der Waals surface area contributed by atoms with Crippen LogP contribution in [0.5, 0.6) is 0 Å². The van der Waals surface area contributed by atoms with Crippen LogP contribution in [0.1, 0.15) is 98.8 Å². The number of carbonyl (C=O) groups is 10. The van der Waals surface area contributed by atoms with Crippen LogP contribution >= 0.6 is 0 Å². The highest BCUT2D eigenvalue weighted by Crippen LogP contribution is 2.22. The van der Waals surface area contributed by atoms with Gasteiger partial charge in [0, 0.05) is 25.9 Å². The molecule has 0 aromatic rings. The van der Waals surface area contributed by atoms with Crippen molar-refractivity contribution in [3.8, 4) is 0 Å². The van der Waals surface area contributed by atoms with E-state index in [0.717, 1.165) is 0 Å². The van der Waals surface area contributed by atoms with Crippen LogP contribution in [-0.4, -0.2) is 158 Å². The number of amides is 9. The highest BCUT2D eigenvalue weighted by molar-refractivity contribution is 5.98. The van der Waals surface area contributed by atoms with Crippen LogP contribution in [0.3, 0.4) is 0 Å². The van der Waals surface area contributed by atoms with Crippen molar-refractivity contribution in [2.45, 2.75) is 153 Å². The number of carboxylic acid groups (broad SMARTS) is 1. The van der Waals surface area contributed by atoms with E-state index in [1.165, 1.54) is 16.7 Å². The minimum atomic E-state index is -1.65. The molecule has 10 atom stereocenters. The second-order valence-electron chi connectivity index (χ2n) is 16.4. The Morgan fingerprint density at radius 3 is 1.56 bits per heavy atom. The zero-order valence-corrected chi connectivity index (χ0v) is 36.1. The second-order valence-corrected chi connectivity index (χ2v) is 16.4. The molecule has 23 nitrogen and oxygen atoms in total. The van der Waals surface area contributed by atoms with Gasteiger partial charge in [0.15, 0.2) is 0 Å². The van der Waals surface area contributed by atoms with Crippen LogP contribution in [0.4, 0.5) is 0 Å². The van der Waals surface area contributed by atoms with Gasteiger partial charge >= 0.3 is 5.97 Å². The molecule has 62 heavy (non-hydrogen) atoms. The molecule has 9 amide bonds. The second kappa shape index (κ2) is 24.9. The summed E-state index contributed by atoms with van der Waals surface area (Å²) >= 11 is 0. The smallest absolute Gasteiger partial charge is 0.326 e. The molecule has 14 N–H and O–H groups in total. The number of aliphatic hydroxyl groups is 2. The first-order valence-electron chi connectivity index (χ1n) is 21.0. The van der Waals surface area contributed by atoms with Crippen LogP contribution < -0.4 is 43.8 Å². The third-order valence-corrected chi connectivity index (χ3v) is 11.0. The van der Waals surface area contributed by atoms with Gasteiger partial charge < -0.3 is 68.9 Å². The Balaban J connectivity index is 2.31. The molecule has 2 fully saturated rings. The van der Waals surface area contributed by atoms with Crippen LogP contribution in [-0.2, 0) is 47.9 Å². The minimum Gasteiger partial charge on any atom is -0.480 e. The molecule has 0 aromatic heterocycles. The quantitative estimate of drug-likeness (QED) is 0.0415. The van der Waals surface area contributed by atoms with E-state index < -0.39 is 126 Å². The summed E-state index contributed by atoms with van der Waals surface area (Å²) in [5.74, 6) is -9.34. The van der Waals surface area contributed by atoms with E-state index in [0.29, 0.717) is 19.3 Å². The maximum atomic E-state index is 14.2. The van der Waals surface area contributed by atoms with Gasteiger partial charge in [-0.25, -0.2) is 4.79 Å². The molecule has 0 saturated carbocycles. The van der Waals surface area contributed by atoms with Crippen LogP contribution in [0.2, 0.25) is 0 Å². The molecule has 350 valence electrons. The number of aliphatic hydroxyl groups excluding tert-OH is 2. The van der Waals surface area contributed by atoms with Gasteiger partial charge in [0.05, 0.1) is 12.7 Å². The number of hydrogen-bond acceptors (Lipinski definition) is 13. The fourth-order valence-electron chi connectivity index (χ4n) is 7.29. The summed E-state index contributed by atoms with van der Waals surface area (Å²) in [6, 6.07) is -10.7. The lowest BCUT2D eigenvalue weighted by Gasteiger charge is -2.32. The molecule has 23 heteroatoms. The molecule has 0 aromatic carbocycles. The number of primary amides is 2. The largest absolute Gasteiger partial charge is 0.480 e. The van der Waals surface area contributed by atoms with Crippen molar-refractivity contribution in [3.05, 3.63) is 0 Å². The first-order chi connectivity index (χ1) is 29.0. The molecule has 2 rings (SSSR count). The van der Waals surface area contributed by atoms with E-state index in [-0.39, 0.29) is 64.0 Å². The molecule has 0 unspecified atom stereocenters. The van der Waals surface area contributed by atoms with Gasteiger partial charge in [-0.2, -0.15) is 0 Å². The van der Waals surface area contributed by atoms with Crippen molar-refractivity contribution in [2.75, 3.05) is 19.7 Å². The van der Waals surface area contributed by atoms with Crippen molar-refractivity contribution in [1.82, 2.24) is 36.4 Å². The maximum absolute atomic E-state index is 14.2. The number of nitrogens with two attached hydrogens (primary N) is 3. The van der Waals surface area contributed by atoms with Gasteiger partial charge in [0.1, 0.15) is 48.3 Å². The SMILES string of the molecule is CC[C@H](C)[C@H](NC(=O)[C@@H]1CCCN1C(=O)[C@H](CCC(N)=O)NC(=O)[C@@H](NC(=O)[C@@H]1CCCN1C(=O)[C@@H](N)CO)[C@@H](C)O)C(=O)N[C@@H](CCC(N)=O)C(=O)N[C@@H](CC(C)C)C(=O)O. The van der Waals surface area contributed by atoms with Crippen molar-refractivity contribution < 1.29 is 63.3 Å². The lowest BCUT2D eigenvalue weighted by Crippen LogP contribution is -2.61. The third-order valence-electron chi connectivity index (χ3n) is 11.0. The Morgan fingerprint density at radius 1 is 0.661 bits per heavy atom. The first kappa shape index (κ1) is 52.7. The Hall–Kier alpha value is -5.42. The van der Waals surface area contributed by atoms with Crippen LogP contribution in [0, 0.1) is 11.8 Å². The Kier molecular flexibility index (Phi) is 21.2. The number of likely N-dealkylation sites (tertiary alicyclic amines) is 2. The number of nitrogens with zero attached hydrogens (tertiary/aromatic N) is 2.